The van der Waals surface area contributed by atoms with Gasteiger partial charge in [0.05, 0.1) is 0 Å². The topological polar surface area (TPSA) is 68.5 Å². The summed E-state index contributed by atoms with van der Waals surface area (Å²) in [7, 11) is 0. The van der Waals surface area contributed by atoms with Gasteiger partial charge in [0.15, 0.2) is 0 Å². The number of aromatic nitrogens is 2. The van der Waals surface area contributed by atoms with Gasteiger partial charge in [0, 0.05) is 25.7 Å². The molecular weight excluding hydrogens is 270 g/mol. The number of ether oxygens (including phenoxy) is 1. The highest BCUT2D eigenvalue weighted by Crippen LogP contribution is 2.33. The SMILES string of the molecule is C=CC(=O)N1CCCCC1c1nnc(C2CCOCC2)o1. The molecule has 0 bridgehead atoms. The molecule has 1 unspecified atom stereocenters. The van der Waals surface area contributed by atoms with Crippen LogP contribution in [0.15, 0.2) is 17.1 Å². The quantitative estimate of drug-likeness (QED) is 0.799. The molecule has 0 aromatic carbocycles. The first-order chi connectivity index (χ1) is 10.3. The highest BCUT2D eigenvalue weighted by Gasteiger charge is 2.32. The molecule has 1 atom stereocenters. The minimum absolute atomic E-state index is 0.0643. The highest BCUT2D eigenvalue weighted by atomic mass is 16.5. The van der Waals surface area contributed by atoms with E-state index < -0.39 is 0 Å². The van der Waals surface area contributed by atoms with Crippen LogP contribution in [0.1, 0.15) is 55.8 Å². The van der Waals surface area contributed by atoms with Crippen LogP contribution in [0.25, 0.3) is 0 Å². The fourth-order valence-corrected chi connectivity index (χ4v) is 3.06. The number of hydrogen-bond donors (Lipinski definition) is 0. The van der Waals surface area contributed by atoms with Crippen molar-refractivity contribution in [3.05, 3.63) is 24.4 Å². The summed E-state index contributed by atoms with van der Waals surface area (Å²) in [5, 5.41) is 8.39. The van der Waals surface area contributed by atoms with Crippen molar-refractivity contribution >= 4 is 5.91 Å². The van der Waals surface area contributed by atoms with E-state index in [4.69, 9.17) is 9.15 Å². The third-order valence-electron chi connectivity index (χ3n) is 4.27. The predicted octanol–water partition coefficient (Wildman–Crippen LogP) is 2.20. The maximum atomic E-state index is 12.0. The van der Waals surface area contributed by atoms with Crippen molar-refractivity contribution in [2.45, 2.75) is 44.1 Å². The summed E-state index contributed by atoms with van der Waals surface area (Å²) in [6.45, 7) is 5.78. The van der Waals surface area contributed by atoms with Crippen molar-refractivity contribution < 1.29 is 13.9 Å². The number of nitrogens with zero attached hydrogens (tertiary/aromatic N) is 3. The number of piperidine rings is 1. The largest absolute Gasteiger partial charge is 0.423 e. The van der Waals surface area contributed by atoms with Crippen molar-refractivity contribution in [1.82, 2.24) is 15.1 Å². The van der Waals surface area contributed by atoms with Gasteiger partial charge in [-0.05, 0) is 38.2 Å². The fourth-order valence-electron chi connectivity index (χ4n) is 3.06. The molecule has 2 aliphatic rings. The maximum absolute atomic E-state index is 12.0. The molecule has 1 aromatic rings. The third-order valence-corrected chi connectivity index (χ3v) is 4.27. The van der Waals surface area contributed by atoms with Gasteiger partial charge in [-0.25, -0.2) is 0 Å². The first-order valence-corrected chi connectivity index (χ1v) is 7.63. The molecule has 2 fully saturated rings. The number of likely N-dealkylation sites (tertiary alicyclic amines) is 1. The second-order valence-electron chi connectivity index (χ2n) is 5.61. The van der Waals surface area contributed by atoms with Crippen LogP contribution < -0.4 is 0 Å². The number of carbonyl (C=O) groups excluding carboxylic acids is 1. The molecule has 3 heterocycles. The van der Waals surface area contributed by atoms with Gasteiger partial charge < -0.3 is 14.1 Å². The highest BCUT2D eigenvalue weighted by molar-refractivity contribution is 5.87. The van der Waals surface area contributed by atoms with Crippen molar-refractivity contribution in [1.29, 1.82) is 0 Å². The molecule has 1 amide bonds. The van der Waals surface area contributed by atoms with E-state index in [1.807, 2.05) is 0 Å². The van der Waals surface area contributed by atoms with Crippen LogP contribution in [0, 0.1) is 0 Å². The minimum atomic E-state index is -0.106. The zero-order valence-electron chi connectivity index (χ0n) is 12.2. The lowest BCUT2D eigenvalue weighted by Crippen LogP contribution is -2.37. The first kappa shape index (κ1) is 14.3. The summed E-state index contributed by atoms with van der Waals surface area (Å²) in [5.74, 6) is 1.47. The molecule has 0 radical (unpaired) electrons. The average Bonchev–Trinajstić information content (AvgIpc) is 3.05. The van der Waals surface area contributed by atoms with Crippen molar-refractivity contribution in [2.75, 3.05) is 19.8 Å². The molecule has 3 rings (SSSR count). The normalized spacial score (nSPS) is 24.0. The van der Waals surface area contributed by atoms with Crippen LogP contribution in [-0.4, -0.2) is 40.8 Å². The Balaban J connectivity index is 1.77. The number of rotatable bonds is 3. The van der Waals surface area contributed by atoms with E-state index in [0.717, 1.165) is 51.9 Å². The van der Waals surface area contributed by atoms with E-state index in [1.54, 1.807) is 4.90 Å². The zero-order chi connectivity index (χ0) is 14.7. The number of amides is 1. The lowest BCUT2D eigenvalue weighted by Gasteiger charge is -2.32. The predicted molar refractivity (Wildman–Crippen MR) is 75.6 cm³/mol. The average molecular weight is 291 g/mol. The summed E-state index contributed by atoms with van der Waals surface area (Å²) in [6, 6.07) is -0.106. The van der Waals surface area contributed by atoms with E-state index in [0.29, 0.717) is 11.8 Å². The Hall–Kier alpha value is -1.69. The molecule has 2 aliphatic heterocycles. The molecule has 6 heteroatoms. The Morgan fingerprint density at radius 1 is 1.19 bits per heavy atom. The molecule has 0 spiro atoms. The van der Waals surface area contributed by atoms with E-state index in [2.05, 4.69) is 16.8 Å². The number of hydrogen-bond acceptors (Lipinski definition) is 5. The van der Waals surface area contributed by atoms with Crippen molar-refractivity contribution in [3.63, 3.8) is 0 Å². The third kappa shape index (κ3) is 3.00. The summed E-state index contributed by atoms with van der Waals surface area (Å²) in [6.07, 6.45) is 6.14. The lowest BCUT2D eigenvalue weighted by atomic mass is 10.0. The second-order valence-corrected chi connectivity index (χ2v) is 5.61. The van der Waals surface area contributed by atoms with E-state index in [-0.39, 0.29) is 17.9 Å². The van der Waals surface area contributed by atoms with Gasteiger partial charge in [0.2, 0.25) is 17.7 Å². The van der Waals surface area contributed by atoms with E-state index in [1.165, 1.54) is 6.08 Å². The smallest absolute Gasteiger partial charge is 0.246 e. The lowest BCUT2D eigenvalue weighted by molar-refractivity contribution is -0.130. The Kier molecular flexibility index (Phi) is 4.34. The van der Waals surface area contributed by atoms with Crippen LogP contribution in [-0.2, 0) is 9.53 Å². The zero-order valence-corrected chi connectivity index (χ0v) is 12.2. The van der Waals surface area contributed by atoms with Crippen LogP contribution in [0.5, 0.6) is 0 Å². The van der Waals surface area contributed by atoms with Gasteiger partial charge in [-0.1, -0.05) is 6.58 Å². The Bertz CT molecular complexity index is 508. The van der Waals surface area contributed by atoms with Crippen molar-refractivity contribution in [3.8, 4) is 0 Å². The van der Waals surface area contributed by atoms with Crippen LogP contribution in [0.3, 0.4) is 0 Å². The van der Waals surface area contributed by atoms with Gasteiger partial charge in [0.1, 0.15) is 6.04 Å². The molecule has 0 aliphatic carbocycles. The van der Waals surface area contributed by atoms with Gasteiger partial charge in [0.25, 0.3) is 0 Å². The van der Waals surface area contributed by atoms with Gasteiger partial charge >= 0.3 is 0 Å². The van der Waals surface area contributed by atoms with Crippen molar-refractivity contribution in [2.24, 2.45) is 0 Å². The van der Waals surface area contributed by atoms with Gasteiger partial charge in [-0.2, -0.15) is 0 Å². The fraction of sp³-hybridized carbons (Fsp3) is 0.667. The Morgan fingerprint density at radius 2 is 1.95 bits per heavy atom. The van der Waals surface area contributed by atoms with Crippen LogP contribution in [0.2, 0.25) is 0 Å². The summed E-state index contributed by atoms with van der Waals surface area (Å²) in [4.78, 5) is 13.8. The monoisotopic (exact) mass is 291 g/mol. The summed E-state index contributed by atoms with van der Waals surface area (Å²) >= 11 is 0. The maximum Gasteiger partial charge on any atom is 0.246 e. The Labute approximate surface area is 124 Å². The van der Waals surface area contributed by atoms with Gasteiger partial charge in [-0.15, -0.1) is 10.2 Å². The molecule has 2 saturated heterocycles. The molecule has 114 valence electrons. The van der Waals surface area contributed by atoms with Gasteiger partial charge in [-0.3, -0.25) is 4.79 Å². The number of carbonyl (C=O) groups is 1. The van der Waals surface area contributed by atoms with E-state index >= 15 is 0 Å². The van der Waals surface area contributed by atoms with Crippen LogP contribution in [0.4, 0.5) is 0 Å². The molecule has 6 nitrogen and oxygen atoms in total. The molecule has 0 N–H and O–H groups in total. The minimum Gasteiger partial charge on any atom is -0.423 e. The second kappa shape index (κ2) is 6.39. The van der Waals surface area contributed by atoms with E-state index in [9.17, 15) is 4.79 Å². The summed E-state index contributed by atoms with van der Waals surface area (Å²) < 4.78 is 11.2. The van der Waals surface area contributed by atoms with Crippen LogP contribution >= 0.6 is 0 Å². The molecule has 1 aromatic heterocycles. The standard InChI is InChI=1S/C15H21N3O3/c1-2-13(19)18-8-4-3-5-12(18)15-17-16-14(21-15)11-6-9-20-10-7-11/h2,11-12H,1,3-10H2. The first-order valence-electron chi connectivity index (χ1n) is 7.63. The Morgan fingerprint density at radius 3 is 2.71 bits per heavy atom. The summed E-state index contributed by atoms with van der Waals surface area (Å²) in [5.41, 5.74) is 0. The molecular formula is C15H21N3O3. The molecule has 0 saturated carbocycles. The molecule has 21 heavy (non-hydrogen) atoms.